The Morgan fingerprint density at radius 1 is 1.31 bits per heavy atom. The topological polar surface area (TPSA) is 76.3 Å². The Morgan fingerprint density at radius 3 is 2.75 bits per heavy atom. The van der Waals surface area contributed by atoms with E-state index >= 15 is 0 Å². The third kappa shape index (κ3) is 4.05. The molecule has 0 N–H and O–H groups in total. The van der Waals surface area contributed by atoms with Crippen LogP contribution in [0.5, 0.6) is 0 Å². The Balaban J connectivity index is 1.45. The number of pyridine rings is 1. The van der Waals surface area contributed by atoms with E-state index in [1.807, 2.05) is 4.90 Å². The summed E-state index contributed by atoms with van der Waals surface area (Å²) in [6, 6.07) is 0.935. The molecule has 3 atom stereocenters. The van der Waals surface area contributed by atoms with E-state index in [2.05, 4.69) is 17.0 Å². The smallest absolute Gasteiger partial charge is 0.341 e. The van der Waals surface area contributed by atoms with E-state index < -0.39 is 17.9 Å². The first kappa shape index (κ1) is 21.5. The molecule has 172 valence electrons. The molecule has 0 spiro atoms. The van der Waals surface area contributed by atoms with Crippen LogP contribution in [0.25, 0.3) is 0 Å². The zero-order chi connectivity index (χ0) is 22.6. The molecule has 2 fully saturated rings. The van der Waals surface area contributed by atoms with Crippen molar-refractivity contribution in [2.75, 3.05) is 26.2 Å². The molecule has 0 radical (unpaired) electrons. The zero-order valence-electron chi connectivity index (χ0n) is 17.8. The van der Waals surface area contributed by atoms with E-state index in [0.717, 1.165) is 6.42 Å². The van der Waals surface area contributed by atoms with Gasteiger partial charge in [-0.1, -0.05) is 18.5 Å². The van der Waals surface area contributed by atoms with Gasteiger partial charge in [-0.3, -0.25) is 19.2 Å². The van der Waals surface area contributed by atoms with Gasteiger partial charge in [-0.25, -0.2) is 18.3 Å². The monoisotopic (exact) mass is 466 g/mol. The van der Waals surface area contributed by atoms with Gasteiger partial charge in [-0.15, -0.1) is 0 Å². The molecule has 2 aromatic heterocycles. The number of likely N-dealkylation sites (tertiary alicyclic amines) is 1. The van der Waals surface area contributed by atoms with E-state index in [4.69, 9.17) is 11.6 Å². The Kier molecular flexibility index (Phi) is 5.32. The number of fused-ring (bicyclic) bond motifs is 1. The van der Waals surface area contributed by atoms with Crippen molar-refractivity contribution in [3.05, 3.63) is 45.4 Å². The van der Waals surface area contributed by atoms with Gasteiger partial charge in [0.15, 0.2) is 0 Å². The molecule has 2 aromatic rings. The van der Waals surface area contributed by atoms with Crippen molar-refractivity contribution in [1.29, 1.82) is 0 Å². The van der Waals surface area contributed by atoms with E-state index in [0.29, 0.717) is 35.4 Å². The first-order chi connectivity index (χ1) is 15.2. The fraction of sp³-hybridized carbons (Fsp3) is 0.619. The van der Waals surface area contributed by atoms with Crippen LogP contribution in [0.3, 0.4) is 0 Å². The number of aromatic nitrogens is 4. The average Bonchev–Trinajstić information content (AvgIpc) is 3.03. The van der Waals surface area contributed by atoms with Gasteiger partial charge in [0, 0.05) is 50.9 Å². The van der Waals surface area contributed by atoms with E-state index in [-0.39, 0.29) is 44.2 Å². The number of carbonyl (C=O) groups is 1. The van der Waals surface area contributed by atoms with E-state index in [1.165, 1.54) is 15.4 Å². The van der Waals surface area contributed by atoms with Crippen LogP contribution < -0.4 is 5.69 Å². The molecule has 2 unspecified atom stereocenters. The number of alkyl halides is 2. The molecule has 0 bridgehead atoms. The number of halogens is 3. The summed E-state index contributed by atoms with van der Waals surface area (Å²) >= 11 is 6.00. The van der Waals surface area contributed by atoms with Crippen molar-refractivity contribution < 1.29 is 13.6 Å². The van der Waals surface area contributed by atoms with Gasteiger partial charge in [0.25, 0.3) is 5.92 Å². The maximum Gasteiger partial charge on any atom is 0.347 e. The molecule has 1 saturated carbocycles. The van der Waals surface area contributed by atoms with Crippen LogP contribution in [-0.4, -0.2) is 67.1 Å². The maximum absolute atomic E-state index is 13.5. The van der Waals surface area contributed by atoms with Gasteiger partial charge >= 0.3 is 5.69 Å². The summed E-state index contributed by atoms with van der Waals surface area (Å²) in [6.07, 6.45) is 3.89. The second kappa shape index (κ2) is 7.91. The fourth-order valence-electron chi connectivity index (χ4n) is 4.75. The Hall–Kier alpha value is -2.33. The summed E-state index contributed by atoms with van der Waals surface area (Å²) in [6.45, 7) is 4.20. The minimum absolute atomic E-state index is 0.130. The molecule has 4 heterocycles. The van der Waals surface area contributed by atoms with E-state index in [1.54, 1.807) is 17.2 Å². The highest BCUT2D eigenvalue weighted by molar-refractivity contribution is 6.30. The molecule has 1 aliphatic carbocycles. The van der Waals surface area contributed by atoms with Crippen molar-refractivity contribution >= 4 is 17.5 Å². The minimum atomic E-state index is -2.64. The van der Waals surface area contributed by atoms with Crippen LogP contribution in [0.15, 0.2) is 23.3 Å². The second-order valence-electron chi connectivity index (χ2n) is 9.29. The Labute approximate surface area is 188 Å². The molecular formula is C21H25ClF2N6O2. The Bertz CT molecular complexity index is 1100. The third-order valence-electron chi connectivity index (χ3n) is 6.60. The van der Waals surface area contributed by atoms with Crippen molar-refractivity contribution in [2.45, 2.75) is 44.8 Å². The van der Waals surface area contributed by atoms with Crippen molar-refractivity contribution in [3.8, 4) is 0 Å². The second-order valence-corrected chi connectivity index (χ2v) is 9.72. The lowest BCUT2D eigenvalue weighted by molar-refractivity contribution is -0.135. The highest BCUT2D eigenvalue weighted by atomic mass is 35.5. The first-order valence-electron chi connectivity index (χ1n) is 10.9. The van der Waals surface area contributed by atoms with Crippen LogP contribution in [-0.2, 0) is 17.9 Å². The highest BCUT2D eigenvalue weighted by Gasteiger charge is 2.57. The molecule has 3 aliphatic rings. The number of rotatable bonds is 5. The van der Waals surface area contributed by atoms with Gasteiger partial charge in [0.05, 0.1) is 18.1 Å². The van der Waals surface area contributed by atoms with Crippen molar-refractivity contribution in [1.82, 2.24) is 29.1 Å². The van der Waals surface area contributed by atoms with Crippen LogP contribution >= 0.6 is 11.6 Å². The number of carbonyl (C=O) groups excluding carboxylic acids is 1. The third-order valence-corrected chi connectivity index (χ3v) is 6.80. The fourth-order valence-corrected chi connectivity index (χ4v) is 4.94. The summed E-state index contributed by atoms with van der Waals surface area (Å²) in [5, 5.41) is 4.91. The van der Waals surface area contributed by atoms with Crippen LogP contribution in [0, 0.1) is 11.8 Å². The number of nitrogens with zero attached hydrogens (tertiary/aromatic N) is 6. The number of hydrogen-bond donors (Lipinski definition) is 0. The highest BCUT2D eigenvalue weighted by Crippen LogP contribution is 2.49. The lowest BCUT2D eigenvalue weighted by atomic mass is 10.1. The van der Waals surface area contributed by atoms with Crippen LogP contribution in [0.2, 0.25) is 5.02 Å². The molecule has 11 heteroatoms. The Morgan fingerprint density at radius 2 is 2.09 bits per heavy atom. The predicted molar refractivity (Wildman–Crippen MR) is 113 cm³/mol. The maximum atomic E-state index is 13.5. The first-order valence-corrected chi connectivity index (χ1v) is 11.3. The molecule has 0 aromatic carbocycles. The summed E-state index contributed by atoms with van der Waals surface area (Å²) in [5.41, 5.74) is 0.322. The molecule has 8 nitrogen and oxygen atoms in total. The van der Waals surface area contributed by atoms with Gasteiger partial charge in [0.2, 0.25) is 5.91 Å². The van der Waals surface area contributed by atoms with Gasteiger partial charge in [-0.05, 0) is 24.0 Å². The quantitative estimate of drug-likeness (QED) is 0.674. The van der Waals surface area contributed by atoms with Crippen molar-refractivity contribution in [3.63, 3.8) is 0 Å². The number of amides is 1. The van der Waals surface area contributed by atoms with Crippen LogP contribution in [0.1, 0.15) is 37.2 Å². The summed E-state index contributed by atoms with van der Waals surface area (Å²) in [4.78, 5) is 34.3. The molecular weight excluding hydrogens is 442 g/mol. The van der Waals surface area contributed by atoms with Crippen molar-refractivity contribution in [2.24, 2.45) is 11.8 Å². The lowest BCUT2D eigenvalue weighted by Gasteiger charge is -2.34. The molecule has 32 heavy (non-hydrogen) atoms. The zero-order valence-corrected chi connectivity index (χ0v) is 18.5. The molecule has 5 rings (SSSR count). The summed E-state index contributed by atoms with van der Waals surface area (Å²) < 4.78 is 29.8. The van der Waals surface area contributed by atoms with E-state index in [9.17, 15) is 18.4 Å². The standard InChI is InChI=1S/C21H25ClF2N6O2/c1-13-2-3-28(8-13)19(31)17-11-27(10-15-5-21(15,23)24)12-18-26-29(20(32)30(17)18)9-14-4-16(22)7-25-6-14/h4,6-7,13,15,17H,2-3,5,8-12H2,1H3/t13-,15?,17?/m0/s1. The average molecular weight is 467 g/mol. The largest absolute Gasteiger partial charge is 0.347 e. The van der Waals surface area contributed by atoms with Crippen LogP contribution in [0.4, 0.5) is 8.78 Å². The summed E-state index contributed by atoms with van der Waals surface area (Å²) in [7, 11) is 0. The predicted octanol–water partition coefficient (Wildman–Crippen LogP) is 2.02. The van der Waals surface area contributed by atoms with Gasteiger partial charge < -0.3 is 4.90 Å². The minimum Gasteiger partial charge on any atom is -0.341 e. The molecule has 1 saturated heterocycles. The lowest BCUT2D eigenvalue weighted by Crippen LogP contribution is -2.49. The molecule has 2 aliphatic heterocycles. The SMILES string of the molecule is C[C@H]1CCN(C(=O)C2CN(CC3CC3(F)F)Cc3nn(Cc4cncc(Cl)c4)c(=O)n32)C1. The summed E-state index contributed by atoms with van der Waals surface area (Å²) in [5.74, 6) is -2.67. The molecule has 1 amide bonds. The van der Waals surface area contributed by atoms with Gasteiger partial charge in [0.1, 0.15) is 11.9 Å². The normalized spacial score (nSPS) is 26.9. The number of hydrogen-bond acceptors (Lipinski definition) is 5. The van der Waals surface area contributed by atoms with Gasteiger partial charge in [-0.2, -0.15) is 5.10 Å².